The lowest BCUT2D eigenvalue weighted by atomic mass is 10.2. The number of nitrogens with one attached hydrogen (secondary N) is 2. The molecule has 0 aliphatic heterocycles. The van der Waals surface area contributed by atoms with Crippen molar-refractivity contribution in [2.75, 3.05) is 13.2 Å². The van der Waals surface area contributed by atoms with E-state index in [9.17, 15) is 22.4 Å². The van der Waals surface area contributed by atoms with Crippen LogP contribution in [0.15, 0.2) is 36.6 Å². The Morgan fingerprint density at radius 2 is 2.00 bits per heavy atom. The average molecular weight is 565 g/mol. The summed E-state index contributed by atoms with van der Waals surface area (Å²) in [5.41, 5.74) is -0.823. The molecule has 0 unspecified atom stereocenters. The first kappa shape index (κ1) is 25.3. The first-order valence-corrected chi connectivity index (χ1v) is 11.6. The number of aromatic nitrogens is 4. The Labute approximate surface area is 199 Å². The van der Waals surface area contributed by atoms with Gasteiger partial charge in [-0.2, -0.15) is 13.1 Å². The zero-order chi connectivity index (χ0) is 25.1. The highest BCUT2D eigenvalue weighted by atomic mass is 79.9. The van der Waals surface area contributed by atoms with E-state index >= 15 is 0 Å². The molecule has 0 spiro atoms. The van der Waals surface area contributed by atoms with Gasteiger partial charge in [0.2, 0.25) is 11.5 Å². The molecule has 2 aromatic heterocycles. The fourth-order valence-electron chi connectivity index (χ4n) is 2.43. The maximum Gasteiger partial charge on any atom is 0.446 e. The molecule has 184 valence electrons. The Morgan fingerprint density at radius 1 is 1.26 bits per heavy atom. The summed E-state index contributed by atoms with van der Waals surface area (Å²) in [4.78, 5) is 23.8. The van der Waals surface area contributed by atoms with Gasteiger partial charge in [0.25, 0.3) is 5.88 Å². The summed E-state index contributed by atoms with van der Waals surface area (Å²) in [6, 6.07) is 3.75. The van der Waals surface area contributed by atoms with Crippen LogP contribution in [0.5, 0.6) is 5.88 Å². The molecule has 34 heavy (non-hydrogen) atoms. The minimum absolute atomic E-state index is 0.0890. The summed E-state index contributed by atoms with van der Waals surface area (Å²) < 4.78 is 61.8. The highest BCUT2D eigenvalue weighted by molar-refractivity contribution is 9.10. The van der Waals surface area contributed by atoms with Gasteiger partial charge in [-0.05, 0) is 65.2 Å². The zero-order valence-electron chi connectivity index (χ0n) is 17.9. The molecule has 0 bridgehead atoms. The highest BCUT2D eigenvalue weighted by Crippen LogP contribution is 2.27. The number of hydrogen-bond acceptors (Lipinski definition) is 11. The monoisotopic (exact) mass is 564 g/mol. The molecule has 0 atom stereocenters. The quantitative estimate of drug-likeness (QED) is 0.378. The average Bonchev–Trinajstić information content (AvgIpc) is 3.31. The van der Waals surface area contributed by atoms with E-state index in [0.717, 1.165) is 10.6 Å². The third kappa shape index (κ3) is 6.39. The van der Waals surface area contributed by atoms with E-state index in [-0.39, 0.29) is 40.7 Å². The van der Waals surface area contributed by atoms with Crippen LogP contribution in [0, 0.1) is 5.82 Å². The lowest BCUT2D eigenvalue weighted by Gasteiger charge is -2.19. The fourth-order valence-corrected chi connectivity index (χ4v) is 3.48. The van der Waals surface area contributed by atoms with Crippen molar-refractivity contribution in [2.24, 2.45) is 0 Å². The van der Waals surface area contributed by atoms with E-state index in [1.54, 1.807) is 25.5 Å². The van der Waals surface area contributed by atoms with Crippen molar-refractivity contribution in [3.63, 3.8) is 0 Å². The molecule has 0 aliphatic carbocycles. The molecule has 0 fully saturated rings. The molecule has 3 aromatic rings. The third-order valence-corrected chi connectivity index (χ3v) is 5.31. The van der Waals surface area contributed by atoms with Crippen molar-refractivity contribution < 1.29 is 36.2 Å². The van der Waals surface area contributed by atoms with Crippen LogP contribution in [0.1, 0.15) is 20.8 Å². The SMILES string of the molecule is CC(C)(C)OC(=O)NS(=O)(=O)NCCOc1nonc1-c1noc(=O)n1-c1ccc(F)c(Br)c1. The zero-order valence-corrected chi connectivity index (χ0v) is 20.3. The minimum atomic E-state index is -4.23. The predicted molar refractivity (Wildman–Crippen MR) is 115 cm³/mol. The summed E-state index contributed by atoms with van der Waals surface area (Å²) in [6.45, 7) is 4.16. The summed E-state index contributed by atoms with van der Waals surface area (Å²) >= 11 is 3.03. The van der Waals surface area contributed by atoms with Gasteiger partial charge in [-0.3, -0.25) is 4.52 Å². The number of benzene rings is 1. The van der Waals surface area contributed by atoms with E-state index in [2.05, 4.69) is 45.3 Å². The van der Waals surface area contributed by atoms with Crippen LogP contribution in [-0.2, 0) is 14.9 Å². The number of carbonyl (C=O) groups excluding carboxylic acids is 1. The van der Waals surface area contributed by atoms with Crippen LogP contribution in [0.25, 0.3) is 17.2 Å². The second kappa shape index (κ2) is 9.90. The van der Waals surface area contributed by atoms with Crippen molar-refractivity contribution in [1.29, 1.82) is 0 Å². The van der Waals surface area contributed by atoms with Gasteiger partial charge in [-0.15, -0.1) is 0 Å². The second-order valence-corrected chi connectivity index (χ2v) is 9.83. The number of rotatable bonds is 8. The number of hydrogen-bond donors (Lipinski definition) is 2. The fraction of sp³-hybridized carbons (Fsp3) is 0.353. The van der Waals surface area contributed by atoms with Crippen LogP contribution in [0.2, 0.25) is 0 Å². The maximum atomic E-state index is 13.6. The molecule has 17 heteroatoms. The Morgan fingerprint density at radius 3 is 2.68 bits per heavy atom. The third-order valence-electron chi connectivity index (χ3n) is 3.69. The molecular weight excluding hydrogens is 547 g/mol. The van der Waals surface area contributed by atoms with Crippen LogP contribution >= 0.6 is 15.9 Å². The van der Waals surface area contributed by atoms with Crippen LogP contribution in [0.4, 0.5) is 9.18 Å². The lowest BCUT2D eigenvalue weighted by Crippen LogP contribution is -2.43. The van der Waals surface area contributed by atoms with Gasteiger partial charge in [0.05, 0.1) is 10.2 Å². The van der Waals surface area contributed by atoms with Crippen LogP contribution in [-0.4, -0.2) is 53.3 Å². The predicted octanol–water partition coefficient (Wildman–Crippen LogP) is 1.51. The Kier molecular flexibility index (Phi) is 7.37. The number of carbonyl (C=O) groups is 1. The van der Waals surface area contributed by atoms with E-state index in [0.29, 0.717) is 0 Å². The number of nitrogens with zero attached hydrogens (tertiary/aromatic N) is 4. The number of ether oxygens (including phenoxy) is 2. The van der Waals surface area contributed by atoms with E-state index in [4.69, 9.17) is 9.47 Å². The molecule has 2 heterocycles. The van der Waals surface area contributed by atoms with Gasteiger partial charge in [-0.25, -0.2) is 27.9 Å². The summed E-state index contributed by atoms with van der Waals surface area (Å²) in [5.74, 6) is -1.84. The molecule has 0 saturated heterocycles. The minimum Gasteiger partial charge on any atom is -0.472 e. The Bertz CT molecular complexity index is 1350. The summed E-state index contributed by atoms with van der Waals surface area (Å²) in [6.07, 6.45) is -1.15. The summed E-state index contributed by atoms with van der Waals surface area (Å²) in [7, 11) is -4.23. The maximum absolute atomic E-state index is 13.6. The molecule has 0 aliphatic rings. The molecule has 14 nitrogen and oxygen atoms in total. The number of amides is 1. The van der Waals surface area contributed by atoms with Crippen molar-refractivity contribution in [3.05, 3.63) is 39.0 Å². The van der Waals surface area contributed by atoms with Gasteiger partial charge in [0.1, 0.15) is 18.0 Å². The molecule has 1 aromatic carbocycles. The van der Waals surface area contributed by atoms with Crippen molar-refractivity contribution in [1.82, 2.24) is 29.5 Å². The highest BCUT2D eigenvalue weighted by Gasteiger charge is 2.25. The van der Waals surface area contributed by atoms with Gasteiger partial charge in [0, 0.05) is 6.54 Å². The van der Waals surface area contributed by atoms with Gasteiger partial charge < -0.3 is 9.47 Å². The first-order chi connectivity index (χ1) is 15.9. The van der Waals surface area contributed by atoms with Gasteiger partial charge >= 0.3 is 22.1 Å². The van der Waals surface area contributed by atoms with E-state index in [1.165, 1.54) is 12.1 Å². The molecule has 3 rings (SSSR count). The Balaban J connectivity index is 1.67. The molecule has 1 amide bonds. The number of halogens is 2. The first-order valence-electron chi connectivity index (χ1n) is 9.36. The van der Waals surface area contributed by atoms with Crippen molar-refractivity contribution in [2.45, 2.75) is 26.4 Å². The lowest BCUT2D eigenvalue weighted by molar-refractivity contribution is 0.0569. The van der Waals surface area contributed by atoms with Crippen molar-refractivity contribution in [3.8, 4) is 23.1 Å². The smallest absolute Gasteiger partial charge is 0.446 e. The molecule has 0 radical (unpaired) electrons. The van der Waals surface area contributed by atoms with Gasteiger partial charge in [0.15, 0.2) is 0 Å². The standard InChI is InChI=1S/C17H18BrFN6O8S/c1-17(2,3)31-15(26)24-34(28,29)20-6-7-30-14-12(21-33-23-14)13-22-32-16(27)25(13)9-4-5-11(19)10(18)8-9/h4-5,8,20H,6-7H2,1-3H3,(H,24,26). The van der Waals surface area contributed by atoms with Gasteiger partial charge in [-0.1, -0.05) is 5.16 Å². The second-order valence-electron chi connectivity index (χ2n) is 7.47. The molecule has 0 saturated carbocycles. The van der Waals surface area contributed by atoms with Crippen molar-refractivity contribution >= 4 is 32.2 Å². The van der Waals surface area contributed by atoms with Crippen LogP contribution in [0.3, 0.4) is 0 Å². The normalized spacial score (nSPS) is 11.9. The molecular formula is C17H18BrFN6O8S. The summed E-state index contributed by atoms with van der Waals surface area (Å²) in [5, 5.41) is 10.8. The topological polar surface area (TPSA) is 181 Å². The molecule has 2 N–H and O–H groups in total. The Hall–Kier alpha value is -3.31. The van der Waals surface area contributed by atoms with Crippen LogP contribution < -0.4 is 19.9 Å². The largest absolute Gasteiger partial charge is 0.472 e. The van der Waals surface area contributed by atoms with E-state index < -0.39 is 33.5 Å². The van der Waals surface area contributed by atoms with E-state index in [1.807, 2.05) is 0 Å².